The molecule has 0 saturated carbocycles. The van der Waals surface area contributed by atoms with Gasteiger partial charge in [-0.15, -0.1) is 0 Å². The van der Waals surface area contributed by atoms with Gasteiger partial charge in [0.15, 0.2) is 11.5 Å². The molecule has 0 spiro atoms. The first-order valence-electron chi connectivity index (χ1n) is 17.3. The van der Waals surface area contributed by atoms with E-state index >= 15 is 0 Å². The molecule has 0 aromatic heterocycles. The summed E-state index contributed by atoms with van der Waals surface area (Å²) in [5, 5.41) is 34.7. The number of rotatable bonds is 12. The van der Waals surface area contributed by atoms with Crippen LogP contribution in [0.15, 0.2) is 45.3 Å². The third-order valence-electron chi connectivity index (χ3n) is 8.40. The number of hydrogen-bond donors (Lipinski definition) is 5. The van der Waals surface area contributed by atoms with Crippen LogP contribution >= 0.6 is 55.1 Å². The molecule has 2 amide bonds. The fourth-order valence-corrected chi connectivity index (χ4v) is 7.18. The van der Waals surface area contributed by atoms with Crippen LogP contribution in [-0.2, 0) is 19.2 Å². The van der Waals surface area contributed by atoms with Gasteiger partial charge in [0, 0.05) is 22.5 Å². The second-order valence-electron chi connectivity index (χ2n) is 13.8. The van der Waals surface area contributed by atoms with Crippen molar-refractivity contribution in [1.29, 1.82) is 0 Å². The van der Waals surface area contributed by atoms with E-state index in [0.717, 1.165) is 22.3 Å². The fourth-order valence-electron chi connectivity index (χ4n) is 5.37. The van der Waals surface area contributed by atoms with Crippen LogP contribution in [0.4, 0.5) is 11.4 Å². The zero-order valence-corrected chi connectivity index (χ0v) is 37.0. The number of hydrogen-bond acceptors (Lipinski definition) is 8. The minimum atomic E-state index is -1.24. The lowest BCUT2D eigenvalue weighted by molar-refractivity contribution is -0.139. The monoisotopic (exact) mass is 952 g/mol. The van der Waals surface area contributed by atoms with Gasteiger partial charge in [0.1, 0.15) is 35.2 Å². The Hall–Kier alpha value is -4.30. The fraction of sp³-hybridized carbons (Fsp3) is 0.333. The molecule has 15 heteroatoms. The molecule has 0 aliphatic carbocycles. The van der Waals surface area contributed by atoms with E-state index in [-0.39, 0.29) is 64.7 Å². The Balaban J connectivity index is 0.000000387. The molecule has 4 rings (SSSR count). The minimum absolute atomic E-state index is 0. The van der Waals surface area contributed by atoms with Crippen LogP contribution in [0.25, 0.3) is 0 Å². The average molecular weight is 956 g/mol. The van der Waals surface area contributed by atoms with Crippen molar-refractivity contribution in [2.45, 2.75) is 94.4 Å². The summed E-state index contributed by atoms with van der Waals surface area (Å²) in [5.41, 5.74) is 5.08. The summed E-state index contributed by atoms with van der Waals surface area (Å²) in [7, 11) is 0. The third-order valence-corrected chi connectivity index (χ3v) is 10.7. The summed E-state index contributed by atoms with van der Waals surface area (Å²) < 4.78 is 13.3. The molecule has 4 aromatic carbocycles. The van der Waals surface area contributed by atoms with Crippen LogP contribution in [0, 0.1) is 27.7 Å². The van der Waals surface area contributed by atoms with Crippen molar-refractivity contribution in [1.82, 2.24) is 0 Å². The van der Waals surface area contributed by atoms with Crippen LogP contribution < -0.4 is 20.1 Å². The number of carboxylic acid groups (broad SMARTS) is 1. The number of anilines is 2. The van der Waals surface area contributed by atoms with Crippen molar-refractivity contribution in [2.75, 3.05) is 10.6 Å². The number of carboxylic acids is 1. The Morgan fingerprint density at radius 3 is 1.58 bits per heavy atom. The van der Waals surface area contributed by atoms with E-state index in [2.05, 4.69) is 42.5 Å². The number of amides is 2. The lowest BCUT2D eigenvalue weighted by Crippen LogP contribution is -2.16. The quantitative estimate of drug-likeness (QED) is 0.0867. The molecule has 0 bridgehead atoms. The van der Waals surface area contributed by atoms with Gasteiger partial charge in [0.25, 0.3) is 0 Å². The van der Waals surface area contributed by atoms with E-state index in [1.54, 1.807) is 38.1 Å². The molecule has 0 heterocycles. The highest BCUT2D eigenvalue weighted by Gasteiger charge is 2.21. The minimum Gasteiger partial charge on any atom is -0.507 e. The summed E-state index contributed by atoms with van der Waals surface area (Å²) in [6, 6.07) is 10.2. The van der Waals surface area contributed by atoms with Crippen molar-refractivity contribution in [3.63, 3.8) is 0 Å². The number of halogens is 4. The van der Waals surface area contributed by atoms with E-state index in [0.29, 0.717) is 48.7 Å². The number of ketones is 1. The number of nitrogens with one attached hydrogen (secondary N) is 2. The molecule has 0 atom stereocenters. The highest BCUT2D eigenvalue weighted by Crippen LogP contribution is 2.45. The molecule has 0 aliphatic rings. The van der Waals surface area contributed by atoms with E-state index in [1.807, 2.05) is 47.6 Å². The largest absolute Gasteiger partial charge is 0.507 e. The van der Waals surface area contributed by atoms with Crippen LogP contribution in [0.2, 0.25) is 10.0 Å². The van der Waals surface area contributed by atoms with Crippen molar-refractivity contribution in [3.8, 4) is 34.5 Å². The van der Waals surface area contributed by atoms with Gasteiger partial charge >= 0.3 is 5.97 Å². The lowest BCUT2D eigenvalue weighted by Gasteiger charge is -2.18. The molecule has 0 fully saturated rings. The Kier molecular flexibility index (Phi) is 17.9. The Bertz CT molecular complexity index is 2040. The summed E-state index contributed by atoms with van der Waals surface area (Å²) in [6.07, 6.45) is -0.838. The normalized spacial score (nSPS) is 10.6. The number of benzene rings is 4. The Labute approximate surface area is 360 Å². The average Bonchev–Trinajstić information content (AvgIpc) is 3.08. The van der Waals surface area contributed by atoms with Gasteiger partial charge in [-0.25, -0.2) is 0 Å². The number of phenolic OH excluding ortho intramolecular Hbond substituents is 2. The molecule has 4 aromatic rings. The summed E-state index contributed by atoms with van der Waals surface area (Å²) >= 11 is 19.7. The summed E-state index contributed by atoms with van der Waals surface area (Å²) in [6.45, 7) is 16.4. The van der Waals surface area contributed by atoms with Gasteiger partial charge in [-0.05, 0) is 137 Å². The maximum atomic E-state index is 11.9. The first kappa shape index (κ1) is 48.8. The second kappa shape index (κ2) is 20.9. The Morgan fingerprint density at radius 1 is 0.702 bits per heavy atom. The molecule has 0 unspecified atom stereocenters. The second-order valence-corrected chi connectivity index (χ2v) is 16.2. The van der Waals surface area contributed by atoms with E-state index in [9.17, 15) is 29.4 Å². The number of aryl methyl sites for hydroxylation is 2. The van der Waals surface area contributed by atoms with Crippen LogP contribution in [0.3, 0.4) is 0 Å². The SMILES string of the molecule is C.CC(=O)CC(=O)Nc1cc(Br)c(Oc2cc(C)c(O)c(C(C)C)c2)c(Br)c1C.Cc1cc(Oc2c(Cl)cc(NC(=O)CC(=O)O)c(C)c2Cl)cc(C(C)C)c1O. The Morgan fingerprint density at radius 2 is 1.14 bits per heavy atom. The number of aliphatic carboxylic acids is 1. The van der Waals surface area contributed by atoms with Gasteiger partial charge < -0.3 is 35.4 Å². The predicted octanol–water partition coefficient (Wildman–Crippen LogP) is 12.6. The molecular weight excluding hydrogens is 907 g/mol. The van der Waals surface area contributed by atoms with Crippen molar-refractivity contribution in [3.05, 3.63) is 88.8 Å². The molecular formula is C42H48Br2Cl2N2O9. The van der Waals surface area contributed by atoms with Gasteiger partial charge in [0.05, 0.1) is 25.4 Å². The number of carbonyl (C=O) groups is 4. The maximum absolute atomic E-state index is 11.9. The van der Waals surface area contributed by atoms with Crippen LogP contribution in [-0.4, -0.2) is 38.9 Å². The summed E-state index contributed by atoms with van der Waals surface area (Å²) in [4.78, 5) is 45.4. The molecule has 0 radical (unpaired) electrons. The number of phenols is 2. The van der Waals surface area contributed by atoms with Crippen LogP contribution in [0.5, 0.6) is 34.5 Å². The highest BCUT2D eigenvalue weighted by atomic mass is 79.9. The van der Waals surface area contributed by atoms with Crippen molar-refractivity contribution < 1.29 is 44.0 Å². The third kappa shape index (κ3) is 12.8. The standard InChI is InChI=1S/C21H23Br2NO4.C20H21Cl2NO5.CH4/c1-10(2)15-8-14(6-11(3)20(15)27)28-21-16(22)9-17(13(5)19(21)23)24-18(26)7-12(4)25;1-9(2)13-6-12(5-10(3)19(13)27)28-20-14(21)7-15(11(4)18(20)22)23-16(24)8-17(25)26;/h6,8-10,27H,7H2,1-5H3,(H,24,26);5-7,9,27H,8H2,1-4H3,(H,23,24)(H,25,26);1H4. The zero-order chi connectivity index (χ0) is 42.3. The number of ether oxygens (including phenoxy) is 2. The molecule has 0 saturated heterocycles. The van der Waals surface area contributed by atoms with Gasteiger partial charge in [-0.2, -0.15) is 0 Å². The molecule has 11 nitrogen and oxygen atoms in total. The first-order valence-corrected chi connectivity index (χ1v) is 19.7. The smallest absolute Gasteiger partial charge is 0.312 e. The van der Waals surface area contributed by atoms with Crippen molar-refractivity contribution in [2.24, 2.45) is 0 Å². The zero-order valence-electron chi connectivity index (χ0n) is 32.3. The lowest BCUT2D eigenvalue weighted by atomic mass is 9.99. The van der Waals surface area contributed by atoms with E-state index in [1.165, 1.54) is 13.0 Å². The highest BCUT2D eigenvalue weighted by molar-refractivity contribution is 9.11. The maximum Gasteiger partial charge on any atom is 0.312 e. The number of aromatic hydroxyl groups is 2. The molecule has 57 heavy (non-hydrogen) atoms. The number of carbonyl (C=O) groups excluding carboxylic acids is 3. The molecule has 308 valence electrons. The predicted molar refractivity (Wildman–Crippen MR) is 233 cm³/mol. The topological polar surface area (TPSA) is 171 Å². The summed E-state index contributed by atoms with van der Waals surface area (Å²) in [5.74, 6) is 0.0689. The van der Waals surface area contributed by atoms with Gasteiger partial charge in [-0.3, -0.25) is 19.2 Å². The number of Topliss-reactive ketones (excluding diaryl/α,β-unsaturated/α-hetero) is 1. The van der Waals surface area contributed by atoms with Gasteiger partial charge in [-0.1, -0.05) is 58.3 Å². The van der Waals surface area contributed by atoms with Crippen molar-refractivity contribution >= 4 is 90.0 Å². The van der Waals surface area contributed by atoms with E-state index in [4.69, 9.17) is 37.8 Å². The first-order chi connectivity index (χ1) is 26.0. The van der Waals surface area contributed by atoms with E-state index < -0.39 is 18.3 Å². The van der Waals surface area contributed by atoms with Gasteiger partial charge in [0.2, 0.25) is 11.8 Å². The van der Waals surface area contributed by atoms with Crippen LogP contribution in [0.1, 0.15) is 100 Å². The molecule has 0 aliphatic heterocycles. The molecule has 5 N–H and O–H groups in total.